The minimum absolute atomic E-state index is 0. The molecule has 292 valence electrons. The van der Waals surface area contributed by atoms with Gasteiger partial charge in [-0.15, -0.1) is 11.5 Å². The second-order valence-electron chi connectivity index (χ2n) is 15.0. The van der Waals surface area contributed by atoms with Crippen LogP contribution < -0.4 is 9.15 Å². The molecule has 10 rings (SSSR count). The van der Waals surface area contributed by atoms with Gasteiger partial charge in [0, 0.05) is 24.5 Å². The predicted molar refractivity (Wildman–Crippen MR) is 234 cm³/mol. The number of benzene rings is 6. The Morgan fingerprint density at radius 2 is 1.33 bits per heavy atom. The molecule has 60 heavy (non-hydrogen) atoms. The van der Waals surface area contributed by atoms with Gasteiger partial charge in [0.25, 0.3) is 17.3 Å². The molecule has 0 amide bonds. The minimum atomic E-state index is -3.66. The van der Waals surface area contributed by atoms with E-state index in [-0.39, 0.29) is 60.1 Å². The van der Waals surface area contributed by atoms with Gasteiger partial charge in [-0.25, -0.2) is 13.8 Å². The first-order valence-corrected chi connectivity index (χ1v) is 18.7. The average molecular weight is 975 g/mol. The fourth-order valence-corrected chi connectivity index (χ4v) is 7.49. The standard InChI is InChI=1S/C52H37F2N5.Pt/c1-51(2,3)37-26-29-56-49(32-37)59-47-31-39(24-25-43(47)44-27-28-55-33-48(44)59)52(53,54)38-18-12-19-40(30-38)57-34-58(46-23-11-10-22-45(46)57)50-41(35-14-6-4-7-15-35)20-13-21-42(50)36-16-8-5-9-17-36;/h4-29,32-33H,1-3H3;/q;+2/i4D,5D,6D,7D,8D,9D,14D,15D,16D,17D;. The van der Waals surface area contributed by atoms with Crippen LogP contribution in [0.25, 0.3) is 49.9 Å². The van der Waals surface area contributed by atoms with Gasteiger partial charge in [-0.2, -0.15) is 24.3 Å². The van der Waals surface area contributed by atoms with Crippen molar-refractivity contribution in [1.82, 2.24) is 23.7 Å². The largest absolute Gasteiger partial charge is 2.00 e. The molecule has 0 atom stereocenters. The first kappa shape index (κ1) is 28.7. The summed E-state index contributed by atoms with van der Waals surface area (Å²) in [5.74, 6) is -3.14. The minimum Gasteiger partial charge on any atom is -0.318 e. The molecule has 0 spiro atoms. The van der Waals surface area contributed by atoms with E-state index in [0.29, 0.717) is 33.6 Å². The molecule has 0 radical (unpaired) electrons. The number of nitrogens with zero attached hydrogens (tertiary/aromatic N) is 5. The van der Waals surface area contributed by atoms with Crippen molar-refractivity contribution in [1.29, 1.82) is 0 Å². The zero-order valence-electron chi connectivity index (χ0n) is 42.2. The van der Waals surface area contributed by atoms with Gasteiger partial charge in [0.1, 0.15) is 11.5 Å². The Morgan fingerprint density at radius 3 is 2.02 bits per heavy atom. The summed E-state index contributed by atoms with van der Waals surface area (Å²) >= 11 is 0. The molecule has 6 aromatic carbocycles. The van der Waals surface area contributed by atoms with Crippen molar-refractivity contribution in [3.8, 4) is 28.1 Å². The third-order valence-electron chi connectivity index (χ3n) is 10.4. The van der Waals surface area contributed by atoms with Crippen LogP contribution in [0.15, 0.2) is 170 Å². The Balaban J connectivity index is 0.00000608. The smallest absolute Gasteiger partial charge is 0.318 e. The van der Waals surface area contributed by atoms with Gasteiger partial charge in [-0.3, -0.25) is 4.98 Å². The number of hydrogen-bond acceptors (Lipinski definition) is 2. The normalized spacial score (nSPS) is 14.9. The molecule has 3 aromatic heterocycles. The van der Waals surface area contributed by atoms with E-state index in [1.54, 1.807) is 59.6 Å². The number of halogens is 2. The number of fused-ring (bicyclic) bond motifs is 4. The van der Waals surface area contributed by atoms with E-state index in [2.05, 4.69) is 48.9 Å². The first-order valence-electron chi connectivity index (χ1n) is 23.7. The maximum Gasteiger partial charge on any atom is 2.00 e. The maximum absolute atomic E-state index is 17.2. The summed E-state index contributed by atoms with van der Waals surface area (Å²) in [5, 5.41) is 1.46. The Hall–Kier alpha value is -6.65. The quantitative estimate of drug-likeness (QED) is 0.118. The average Bonchev–Trinajstić information content (AvgIpc) is 3.90. The van der Waals surface area contributed by atoms with Crippen LogP contribution in [-0.2, 0) is 32.4 Å². The maximum atomic E-state index is 17.2. The van der Waals surface area contributed by atoms with Crippen molar-refractivity contribution >= 4 is 50.6 Å². The number of rotatable bonds is 7. The summed E-state index contributed by atoms with van der Waals surface area (Å²) < 4.78 is 126. The number of para-hydroxylation sites is 3. The van der Waals surface area contributed by atoms with Gasteiger partial charge in [-0.05, 0) is 62.4 Å². The number of hydrogen-bond donors (Lipinski definition) is 0. The number of alkyl halides is 2. The van der Waals surface area contributed by atoms with Crippen molar-refractivity contribution in [3.05, 3.63) is 199 Å². The van der Waals surface area contributed by atoms with E-state index in [1.807, 2.05) is 18.2 Å². The summed E-state index contributed by atoms with van der Waals surface area (Å²) in [5.41, 5.74) is 1.49. The van der Waals surface area contributed by atoms with Gasteiger partial charge in [0.15, 0.2) is 0 Å². The fraction of sp³-hybridized carbons (Fsp3) is 0.0962. The molecule has 8 heteroatoms. The Labute approximate surface area is 375 Å². The summed E-state index contributed by atoms with van der Waals surface area (Å²) in [7, 11) is 0. The zero-order valence-corrected chi connectivity index (χ0v) is 34.5. The Bertz CT molecular complexity index is 3620. The van der Waals surface area contributed by atoms with E-state index in [9.17, 15) is 0 Å². The van der Waals surface area contributed by atoms with Gasteiger partial charge < -0.3 is 4.57 Å². The topological polar surface area (TPSA) is 36.7 Å². The van der Waals surface area contributed by atoms with E-state index in [0.717, 1.165) is 10.9 Å². The van der Waals surface area contributed by atoms with Crippen LogP contribution in [0.2, 0.25) is 0 Å². The Kier molecular flexibility index (Phi) is 7.27. The molecule has 0 saturated carbocycles. The summed E-state index contributed by atoms with van der Waals surface area (Å²) in [6, 6.07) is 27.6. The predicted octanol–water partition coefficient (Wildman–Crippen LogP) is 12.8. The van der Waals surface area contributed by atoms with Crippen LogP contribution in [0.1, 0.15) is 51.2 Å². The summed E-state index contributed by atoms with van der Waals surface area (Å²) in [4.78, 5) is 8.99. The zero-order chi connectivity index (χ0) is 49.0. The molecular weight excluding hydrogens is 928 g/mol. The van der Waals surface area contributed by atoms with Crippen molar-refractivity contribution in [2.75, 3.05) is 0 Å². The molecule has 0 unspecified atom stereocenters. The molecule has 0 bridgehead atoms. The van der Waals surface area contributed by atoms with Gasteiger partial charge >= 0.3 is 27.1 Å². The molecule has 0 fully saturated rings. The second-order valence-corrected chi connectivity index (χ2v) is 15.0. The molecule has 0 N–H and O–H groups in total. The first-order chi connectivity index (χ1) is 32.8. The molecule has 0 aliphatic carbocycles. The van der Waals surface area contributed by atoms with E-state index >= 15 is 8.78 Å². The number of pyridine rings is 2. The van der Waals surface area contributed by atoms with Gasteiger partial charge in [-0.1, -0.05) is 133 Å². The van der Waals surface area contributed by atoms with Crippen LogP contribution in [0, 0.1) is 12.1 Å². The molecule has 0 saturated heterocycles. The van der Waals surface area contributed by atoms with Crippen molar-refractivity contribution in [3.63, 3.8) is 0 Å². The second kappa shape index (κ2) is 15.2. The Morgan fingerprint density at radius 1 is 0.683 bits per heavy atom. The SMILES string of the molecule is [2H]c1c([2H])c([2H])c(-c2cccc(-c3c([2H])c([2H])c([2H])c([2H])c3[2H])c2[N+]2=C=[N+](c3[c-]c(C(F)(F)c4[c-]c5c(cc4)c4ccncc4n5-c4cc(C(C)(C)C)ccn4)ccc3)c3ccccc32)c([2H])c1[2H].[Pt+2]. The van der Waals surface area contributed by atoms with Gasteiger partial charge in [0.2, 0.25) is 5.69 Å². The molecule has 9 aromatic rings. The summed E-state index contributed by atoms with van der Waals surface area (Å²) in [6.07, 6.45) is 5.01. The van der Waals surface area contributed by atoms with E-state index < -0.39 is 77.5 Å². The fourth-order valence-electron chi connectivity index (χ4n) is 7.49. The van der Waals surface area contributed by atoms with Crippen molar-refractivity contribution in [2.24, 2.45) is 0 Å². The number of aromatic nitrogens is 3. The van der Waals surface area contributed by atoms with Crippen molar-refractivity contribution in [2.45, 2.75) is 32.1 Å². The van der Waals surface area contributed by atoms with Crippen molar-refractivity contribution < 1.29 is 43.6 Å². The van der Waals surface area contributed by atoms with Gasteiger partial charge in [0.05, 0.1) is 36.5 Å². The molecule has 5 nitrogen and oxygen atoms in total. The molecule has 1 aliphatic rings. The summed E-state index contributed by atoms with van der Waals surface area (Å²) in [6.45, 7) is 6.23. The monoisotopic (exact) mass is 974 g/mol. The van der Waals surface area contributed by atoms with Crippen LogP contribution in [0.4, 0.5) is 31.5 Å². The van der Waals surface area contributed by atoms with Crippen LogP contribution in [0.3, 0.4) is 0 Å². The third-order valence-corrected chi connectivity index (χ3v) is 10.4. The van der Waals surface area contributed by atoms with Crippen LogP contribution in [0.5, 0.6) is 0 Å². The molecule has 1 aliphatic heterocycles. The molecule has 4 heterocycles. The van der Waals surface area contributed by atoms with E-state index in [1.165, 1.54) is 45.5 Å². The van der Waals surface area contributed by atoms with E-state index in [4.69, 9.17) is 13.7 Å². The van der Waals surface area contributed by atoms with Crippen LogP contribution >= 0.6 is 0 Å². The van der Waals surface area contributed by atoms with Crippen LogP contribution in [-0.4, -0.2) is 20.5 Å². The molecular formula is C52H37F2N5Pt+2. The third kappa shape index (κ3) is 6.61.